The summed E-state index contributed by atoms with van der Waals surface area (Å²) in [7, 11) is 0. The molecule has 1 atom stereocenters. The molecule has 0 bridgehead atoms. The minimum Gasteiger partial charge on any atom is -0.385 e. The highest BCUT2D eigenvalue weighted by atomic mass is 16.3. The van der Waals surface area contributed by atoms with E-state index in [2.05, 4.69) is 10.6 Å². The first-order valence-corrected chi connectivity index (χ1v) is 8.70. The van der Waals surface area contributed by atoms with Gasteiger partial charge in [0.15, 0.2) is 0 Å². The van der Waals surface area contributed by atoms with Crippen molar-refractivity contribution in [3.63, 3.8) is 0 Å². The van der Waals surface area contributed by atoms with E-state index in [0.29, 0.717) is 31.5 Å². The van der Waals surface area contributed by atoms with Crippen LogP contribution in [-0.2, 0) is 15.2 Å². The SMILES string of the molecule is O=C1CCC(N2C(=O)c3ccc(C4(O)CCNCC4)cc3C2=O)C(=O)N1. The minimum atomic E-state index is -1.04. The third-order valence-electron chi connectivity index (χ3n) is 5.41. The standard InChI is InChI=1S/C18H19N3O5/c22-14-4-3-13(15(23)20-14)21-16(24)11-2-1-10(9-12(11)17(21)25)18(26)5-7-19-8-6-18/h1-2,9,13,19,26H,3-8H2,(H,20,22,23). The van der Waals surface area contributed by atoms with Gasteiger partial charge in [0.05, 0.1) is 16.7 Å². The molecule has 1 aromatic rings. The van der Waals surface area contributed by atoms with Gasteiger partial charge in [0, 0.05) is 6.42 Å². The molecule has 8 heteroatoms. The molecule has 4 amide bonds. The Labute approximate surface area is 149 Å². The molecule has 2 saturated heterocycles. The van der Waals surface area contributed by atoms with Crippen molar-refractivity contribution in [3.8, 4) is 0 Å². The first-order valence-electron chi connectivity index (χ1n) is 8.70. The van der Waals surface area contributed by atoms with Gasteiger partial charge in [-0.05, 0) is 50.0 Å². The fourth-order valence-electron chi connectivity index (χ4n) is 3.89. The highest BCUT2D eigenvalue weighted by molar-refractivity contribution is 6.23. The van der Waals surface area contributed by atoms with E-state index in [-0.39, 0.29) is 24.0 Å². The van der Waals surface area contributed by atoms with Gasteiger partial charge in [-0.2, -0.15) is 0 Å². The van der Waals surface area contributed by atoms with Crippen molar-refractivity contribution >= 4 is 23.6 Å². The van der Waals surface area contributed by atoms with Gasteiger partial charge in [0.2, 0.25) is 11.8 Å². The molecule has 1 unspecified atom stereocenters. The van der Waals surface area contributed by atoms with Crippen LogP contribution in [0.25, 0.3) is 0 Å². The molecule has 8 nitrogen and oxygen atoms in total. The number of fused-ring (bicyclic) bond motifs is 1. The second-order valence-electron chi connectivity index (χ2n) is 6.99. The lowest BCUT2D eigenvalue weighted by atomic mass is 9.84. The Morgan fingerprint density at radius 1 is 1.04 bits per heavy atom. The second kappa shape index (κ2) is 6.00. The summed E-state index contributed by atoms with van der Waals surface area (Å²) in [5, 5.41) is 16.2. The zero-order chi connectivity index (χ0) is 18.5. The molecule has 0 aliphatic carbocycles. The topological polar surface area (TPSA) is 116 Å². The Bertz CT molecular complexity index is 828. The van der Waals surface area contributed by atoms with Crippen LogP contribution in [0.3, 0.4) is 0 Å². The number of carbonyl (C=O) groups excluding carboxylic acids is 4. The van der Waals surface area contributed by atoms with Crippen molar-refractivity contribution in [2.24, 2.45) is 0 Å². The number of benzene rings is 1. The summed E-state index contributed by atoms with van der Waals surface area (Å²) in [6, 6.07) is 3.79. The average molecular weight is 357 g/mol. The highest BCUT2D eigenvalue weighted by Gasteiger charge is 2.45. The Morgan fingerprint density at radius 2 is 1.73 bits per heavy atom. The summed E-state index contributed by atoms with van der Waals surface area (Å²) >= 11 is 0. The predicted molar refractivity (Wildman–Crippen MR) is 89.1 cm³/mol. The van der Waals surface area contributed by atoms with Crippen molar-refractivity contribution in [1.29, 1.82) is 0 Å². The van der Waals surface area contributed by atoms with Crippen LogP contribution in [0.15, 0.2) is 18.2 Å². The van der Waals surface area contributed by atoms with Gasteiger partial charge < -0.3 is 10.4 Å². The molecule has 26 heavy (non-hydrogen) atoms. The smallest absolute Gasteiger partial charge is 0.262 e. The lowest BCUT2D eigenvalue weighted by Crippen LogP contribution is -2.54. The van der Waals surface area contributed by atoms with Gasteiger partial charge >= 0.3 is 0 Å². The van der Waals surface area contributed by atoms with Gasteiger partial charge in [-0.1, -0.05) is 6.07 Å². The molecule has 0 spiro atoms. The molecular formula is C18H19N3O5. The first-order chi connectivity index (χ1) is 12.4. The summed E-state index contributed by atoms with van der Waals surface area (Å²) in [4.78, 5) is 49.8. The van der Waals surface area contributed by atoms with E-state index < -0.39 is 35.3 Å². The molecule has 1 aromatic carbocycles. The summed E-state index contributed by atoms with van der Waals surface area (Å²) in [6.45, 7) is 1.34. The van der Waals surface area contributed by atoms with Crippen LogP contribution in [0, 0.1) is 0 Å². The molecular weight excluding hydrogens is 338 g/mol. The molecule has 3 N–H and O–H groups in total. The van der Waals surface area contributed by atoms with Gasteiger partial charge in [-0.15, -0.1) is 0 Å². The number of nitrogens with zero attached hydrogens (tertiary/aromatic N) is 1. The molecule has 0 aromatic heterocycles. The number of aliphatic hydroxyl groups is 1. The maximum Gasteiger partial charge on any atom is 0.262 e. The average Bonchev–Trinajstić information content (AvgIpc) is 2.87. The molecule has 3 aliphatic heterocycles. The van der Waals surface area contributed by atoms with Crippen molar-refractivity contribution in [3.05, 3.63) is 34.9 Å². The van der Waals surface area contributed by atoms with Crippen LogP contribution in [0.1, 0.15) is 52.0 Å². The lowest BCUT2D eigenvalue weighted by molar-refractivity contribution is -0.136. The van der Waals surface area contributed by atoms with Gasteiger partial charge in [-0.3, -0.25) is 29.4 Å². The van der Waals surface area contributed by atoms with Crippen molar-refractivity contribution < 1.29 is 24.3 Å². The second-order valence-corrected chi connectivity index (χ2v) is 6.99. The van der Waals surface area contributed by atoms with Crippen LogP contribution in [0.5, 0.6) is 0 Å². The fourth-order valence-corrected chi connectivity index (χ4v) is 3.89. The van der Waals surface area contributed by atoms with E-state index in [0.717, 1.165) is 4.90 Å². The van der Waals surface area contributed by atoms with E-state index in [1.165, 1.54) is 6.07 Å². The van der Waals surface area contributed by atoms with E-state index >= 15 is 0 Å². The van der Waals surface area contributed by atoms with Gasteiger partial charge in [0.25, 0.3) is 11.8 Å². The van der Waals surface area contributed by atoms with Crippen LogP contribution >= 0.6 is 0 Å². The summed E-state index contributed by atoms with van der Waals surface area (Å²) in [5.74, 6) is -2.13. The normalized spacial score (nSPS) is 25.3. The summed E-state index contributed by atoms with van der Waals surface area (Å²) in [6.07, 6.45) is 1.25. The third kappa shape index (κ3) is 2.53. The zero-order valence-electron chi connectivity index (χ0n) is 14.1. The van der Waals surface area contributed by atoms with E-state index in [9.17, 15) is 24.3 Å². The number of hydrogen-bond acceptors (Lipinski definition) is 6. The lowest BCUT2D eigenvalue weighted by Gasteiger charge is -2.33. The van der Waals surface area contributed by atoms with Crippen LogP contribution < -0.4 is 10.6 Å². The first kappa shape index (κ1) is 16.9. The van der Waals surface area contributed by atoms with E-state index in [4.69, 9.17) is 0 Å². The minimum absolute atomic E-state index is 0.0851. The Kier molecular flexibility index (Phi) is 3.89. The Morgan fingerprint density at radius 3 is 2.42 bits per heavy atom. The largest absolute Gasteiger partial charge is 0.385 e. The number of piperidine rings is 2. The number of hydrogen-bond donors (Lipinski definition) is 3. The molecule has 0 radical (unpaired) electrons. The molecule has 136 valence electrons. The highest BCUT2D eigenvalue weighted by Crippen LogP contribution is 2.35. The zero-order valence-corrected chi connectivity index (χ0v) is 14.1. The quantitative estimate of drug-likeness (QED) is 0.624. The fraction of sp³-hybridized carbons (Fsp3) is 0.444. The number of rotatable bonds is 2. The van der Waals surface area contributed by atoms with Crippen molar-refractivity contribution in [1.82, 2.24) is 15.5 Å². The Hall–Kier alpha value is -2.58. The van der Waals surface area contributed by atoms with E-state index in [1.807, 2.05) is 0 Å². The van der Waals surface area contributed by atoms with Crippen LogP contribution in [0.4, 0.5) is 0 Å². The molecule has 2 fully saturated rings. The maximum atomic E-state index is 12.8. The number of imide groups is 2. The maximum absolute atomic E-state index is 12.8. The van der Waals surface area contributed by atoms with Crippen molar-refractivity contribution in [2.75, 3.05) is 13.1 Å². The molecule has 3 heterocycles. The van der Waals surface area contributed by atoms with Crippen LogP contribution in [-0.4, -0.2) is 52.8 Å². The molecule has 4 rings (SSSR count). The third-order valence-corrected chi connectivity index (χ3v) is 5.41. The molecule has 0 saturated carbocycles. The monoisotopic (exact) mass is 357 g/mol. The van der Waals surface area contributed by atoms with E-state index in [1.54, 1.807) is 12.1 Å². The predicted octanol–water partition coefficient (Wildman–Crippen LogP) is -0.341. The van der Waals surface area contributed by atoms with Crippen molar-refractivity contribution in [2.45, 2.75) is 37.3 Å². The number of carbonyl (C=O) groups is 4. The summed E-state index contributed by atoms with van der Waals surface area (Å²) in [5.41, 5.74) is -0.0137. The van der Waals surface area contributed by atoms with Gasteiger partial charge in [0.1, 0.15) is 6.04 Å². The molecule has 3 aliphatic rings. The number of amides is 4. The van der Waals surface area contributed by atoms with Crippen LogP contribution in [0.2, 0.25) is 0 Å². The number of nitrogens with one attached hydrogen (secondary N) is 2. The Balaban J connectivity index is 1.66. The van der Waals surface area contributed by atoms with Gasteiger partial charge in [-0.25, -0.2) is 0 Å². The summed E-state index contributed by atoms with van der Waals surface area (Å²) < 4.78 is 0.